The minimum atomic E-state index is -0.262. The molecule has 0 aromatic heterocycles. The number of para-hydroxylation sites is 1. The molecule has 2 bridgehead atoms. The fourth-order valence-electron chi connectivity index (χ4n) is 5.61. The summed E-state index contributed by atoms with van der Waals surface area (Å²) in [6.07, 6.45) is 5.09. The Hall–Kier alpha value is -2.21. The molecule has 1 aromatic rings. The van der Waals surface area contributed by atoms with Gasteiger partial charge in [-0.2, -0.15) is 0 Å². The summed E-state index contributed by atoms with van der Waals surface area (Å²) in [5, 5.41) is 2.90. The number of hydrogen-bond acceptors (Lipinski definition) is 4. The summed E-state index contributed by atoms with van der Waals surface area (Å²) in [5.74, 6) is -0.183. The van der Waals surface area contributed by atoms with Gasteiger partial charge in [0.25, 0.3) is 5.91 Å². The highest BCUT2D eigenvalue weighted by molar-refractivity contribution is 6.24. The molecule has 3 amide bonds. The molecule has 142 valence electrons. The van der Waals surface area contributed by atoms with Gasteiger partial charge in [-0.15, -0.1) is 0 Å². The van der Waals surface area contributed by atoms with Gasteiger partial charge in [-0.25, -0.2) is 4.90 Å². The van der Waals surface area contributed by atoms with Crippen LogP contribution < -0.4 is 10.2 Å². The average Bonchev–Trinajstić information content (AvgIpc) is 3.45. The topological polar surface area (TPSA) is 75.7 Å². The molecule has 2 aliphatic carbocycles. The van der Waals surface area contributed by atoms with E-state index in [2.05, 4.69) is 5.32 Å². The molecule has 5 rings (SSSR count). The molecule has 5 atom stereocenters. The van der Waals surface area contributed by atoms with Gasteiger partial charge in [-0.3, -0.25) is 14.4 Å². The van der Waals surface area contributed by atoms with Crippen LogP contribution in [0.1, 0.15) is 42.5 Å². The van der Waals surface area contributed by atoms with E-state index in [0.717, 1.165) is 38.7 Å². The van der Waals surface area contributed by atoms with Crippen LogP contribution in [0.4, 0.5) is 5.69 Å². The maximum atomic E-state index is 13.1. The van der Waals surface area contributed by atoms with Crippen LogP contribution >= 0.6 is 0 Å². The van der Waals surface area contributed by atoms with Crippen LogP contribution in [0, 0.1) is 23.7 Å². The second-order valence-electron chi connectivity index (χ2n) is 8.26. The van der Waals surface area contributed by atoms with E-state index in [1.165, 1.54) is 4.90 Å². The van der Waals surface area contributed by atoms with Crippen molar-refractivity contribution in [2.45, 2.75) is 38.2 Å². The summed E-state index contributed by atoms with van der Waals surface area (Å²) in [4.78, 5) is 40.2. The molecule has 2 saturated carbocycles. The molecule has 1 aromatic carbocycles. The number of hydrogen-bond donors (Lipinski definition) is 1. The highest BCUT2D eigenvalue weighted by Crippen LogP contribution is 2.56. The van der Waals surface area contributed by atoms with Crippen molar-refractivity contribution >= 4 is 23.4 Å². The number of rotatable bonds is 4. The van der Waals surface area contributed by atoms with Crippen LogP contribution in [0.5, 0.6) is 0 Å². The minimum absolute atomic E-state index is 0.0474. The molecule has 2 saturated heterocycles. The van der Waals surface area contributed by atoms with Gasteiger partial charge in [0, 0.05) is 13.2 Å². The van der Waals surface area contributed by atoms with Crippen molar-refractivity contribution in [3.63, 3.8) is 0 Å². The first-order valence-electron chi connectivity index (χ1n) is 10.0. The Balaban J connectivity index is 1.40. The van der Waals surface area contributed by atoms with Crippen LogP contribution in [0.2, 0.25) is 0 Å². The fraction of sp³-hybridized carbons (Fsp3) is 0.571. The third kappa shape index (κ3) is 2.61. The third-order valence-corrected chi connectivity index (χ3v) is 6.83. The van der Waals surface area contributed by atoms with Crippen molar-refractivity contribution in [3.05, 3.63) is 29.8 Å². The van der Waals surface area contributed by atoms with Gasteiger partial charge < -0.3 is 10.1 Å². The smallest absolute Gasteiger partial charge is 0.253 e. The second-order valence-corrected chi connectivity index (χ2v) is 8.26. The lowest BCUT2D eigenvalue weighted by atomic mass is 9.81. The van der Waals surface area contributed by atoms with Crippen molar-refractivity contribution < 1.29 is 19.1 Å². The van der Waals surface area contributed by atoms with Crippen molar-refractivity contribution in [3.8, 4) is 0 Å². The Kier molecular flexibility index (Phi) is 4.04. The molecule has 2 heterocycles. The van der Waals surface area contributed by atoms with E-state index < -0.39 is 0 Å². The third-order valence-electron chi connectivity index (χ3n) is 6.83. The molecule has 27 heavy (non-hydrogen) atoms. The number of imide groups is 1. The Morgan fingerprint density at radius 3 is 2.44 bits per heavy atom. The molecule has 4 fully saturated rings. The minimum Gasteiger partial charge on any atom is -0.376 e. The van der Waals surface area contributed by atoms with Crippen LogP contribution in [0.3, 0.4) is 0 Å². The Bertz CT molecular complexity index is 773. The summed E-state index contributed by atoms with van der Waals surface area (Å²) < 4.78 is 5.55. The zero-order chi connectivity index (χ0) is 18.5. The zero-order valence-electron chi connectivity index (χ0n) is 15.2. The summed E-state index contributed by atoms with van der Waals surface area (Å²) in [6.45, 7) is 1.18. The molecule has 2 aliphatic heterocycles. The molecular formula is C21H24N2O4. The summed E-state index contributed by atoms with van der Waals surface area (Å²) in [7, 11) is 0. The van der Waals surface area contributed by atoms with Gasteiger partial charge in [0.05, 0.1) is 29.2 Å². The summed E-state index contributed by atoms with van der Waals surface area (Å²) in [5.41, 5.74) is 0.802. The number of amides is 3. The fourth-order valence-corrected chi connectivity index (χ4v) is 5.61. The number of anilines is 1. The molecule has 0 spiro atoms. The molecule has 4 aliphatic rings. The average molecular weight is 368 g/mol. The predicted molar refractivity (Wildman–Crippen MR) is 98.1 cm³/mol. The number of nitrogens with zero attached hydrogens (tertiary/aromatic N) is 1. The predicted octanol–water partition coefficient (Wildman–Crippen LogP) is 2.13. The van der Waals surface area contributed by atoms with E-state index in [1.807, 2.05) is 0 Å². The lowest BCUT2D eigenvalue weighted by Crippen LogP contribution is -2.36. The van der Waals surface area contributed by atoms with Crippen LogP contribution in [0.15, 0.2) is 24.3 Å². The van der Waals surface area contributed by atoms with Crippen molar-refractivity contribution in [1.29, 1.82) is 0 Å². The Morgan fingerprint density at radius 2 is 1.78 bits per heavy atom. The SMILES string of the molecule is O=C(NC[C@@H]1CCCO1)c1ccccc1N1C(=O)[C@@H]2[C@H]3CC[C@@H](C3)[C@H]2C1=O. The highest BCUT2D eigenvalue weighted by atomic mass is 16.5. The summed E-state index contributed by atoms with van der Waals surface area (Å²) in [6, 6.07) is 6.93. The molecule has 6 nitrogen and oxygen atoms in total. The van der Waals surface area contributed by atoms with Gasteiger partial charge in [0.1, 0.15) is 0 Å². The number of benzene rings is 1. The molecule has 0 unspecified atom stereocenters. The van der Waals surface area contributed by atoms with E-state index in [4.69, 9.17) is 4.74 Å². The van der Waals surface area contributed by atoms with Crippen LogP contribution in [-0.2, 0) is 14.3 Å². The van der Waals surface area contributed by atoms with E-state index in [-0.39, 0.29) is 35.7 Å². The van der Waals surface area contributed by atoms with Gasteiger partial charge in [0.15, 0.2) is 0 Å². The first kappa shape index (κ1) is 16.9. The van der Waals surface area contributed by atoms with Crippen LogP contribution in [0.25, 0.3) is 0 Å². The van der Waals surface area contributed by atoms with Crippen molar-refractivity contribution in [2.75, 3.05) is 18.1 Å². The zero-order valence-corrected chi connectivity index (χ0v) is 15.2. The lowest BCUT2D eigenvalue weighted by molar-refractivity contribution is -0.123. The van der Waals surface area contributed by atoms with E-state index >= 15 is 0 Å². The Labute approximate surface area is 158 Å². The standard InChI is InChI=1S/C21H24N2O4/c24-19(22-11-14-4-3-9-27-14)15-5-1-2-6-16(15)23-20(25)17-12-7-8-13(10-12)18(17)21(23)26/h1-2,5-6,12-14,17-18H,3-4,7-11H2,(H,22,24)/t12-,13-,14-,17+,18+/m0/s1. The maximum absolute atomic E-state index is 13.1. The number of nitrogens with one attached hydrogen (secondary N) is 1. The monoisotopic (exact) mass is 368 g/mol. The molecule has 0 radical (unpaired) electrons. The van der Waals surface area contributed by atoms with Crippen molar-refractivity contribution in [2.24, 2.45) is 23.7 Å². The molecular weight excluding hydrogens is 344 g/mol. The normalized spacial score (nSPS) is 34.4. The number of fused-ring (bicyclic) bond motifs is 5. The van der Waals surface area contributed by atoms with E-state index in [9.17, 15) is 14.4 Å². The number of ether oxygens (including phenoxy) is 1. The summed E-state index contributed by atoms with van der Waals surface area (Å²) >= 11 is 0. The molecule has 6 heteroatoms. The first-order chi connectivity index (χ1) is 13.1. The van der Waals surface area contributed by atoms with Gasteiger partial charge >= 0.3 is 0 Å². The van der Waals surface area contributed by atoms with E-state index in [1.54, 1.807) is 24.3 Å². The number of carbonyl (C=O) groups excluding carboxylic acids is 3. The lowest BCUT2D eigenvalue weighted by Gasteiger charge is -2.20. The Morgan fingerprint density at radius 1 is 1.07 bits per heavy atom. The number of carbonyl (C=O) groups is 3. The van der Waals surface area contributed by atoms with Crippen LogP contribution in [-0.4, -0.2) is 37.0 Å². The van der Waals surface area contributed by atoms with Crippen molar-refractivity contribution in [1.82, 2.24) is 5.32 Å². The largest absolute Gasteiger partial charge is 0.376 e. The second kappa shape index (κ2) is 6.44. The highest BCUT2D eigenvalue weighted by Gasteiger charge is 2.61. The first-order valence-corrected chi connectivity index (χ1v) is 10.0. The van der Waals surface area contributed by atoms with E-state index in [0.29, 0.717) is 29.6 Å². The van der Waals surface area contributed by atoms with Gasteiger partial charge in [-0.05, 0) is 56.1 Å². The van der Waals surface area contributed by atoms with Gasteiger partial charge in [0.2, 0.25) is 11.8 Å². The maximum Gasteiger partial charge on any atom is 0.253 e. The molecule has 1 N–H and O–H groups in total. The van der Waals surface area contributed by atoms with Gasteiger partial charge in [-0.1, -0.05) is 12.1 Å². The quantitative estimate of drug-likeness (QED) is 0.826.